The molecule has 0 fully saturated rings. The molecule has 0 bridgehead atoms. The number of hydrogen-bond donors (Lipinski definition) is 3. The molecule has 176 valence electrons. The maximum Gasteiger partial charge on any atom is 0.261 e. The number of aromatic amines is 2. The Labute approximate surface area is 194 Å². The summed E-state index contributed by atoms with van der Waals surface area (Å²) in [5.74, 6) is 1.31. The highest BCUT2D eigenvalue weighted by Gasteiger charge is 2.24. The van der Waals surface area contributed by atoms with Crippen molar-refractivity contribution in [1.82, 2.24) is 39.7 Å². The third-order valence-corrected chi connectivity index (χ3v) is 5.13. The molecule has 0 aliphatic carbocycles. The fourth-order valence-electron chi connectivity index (χ4n) is 3.68. The lowest BCUT2D eigenvalue weighted by Gasteiger charge is -2.19. The molecule has 0 amide bonds. The zero-order valence-electron chi connectivity index (χ0n) is 18.2. The molecule has 0 saturated carbocycles. The summed E-state index contributed by atoms with van der Waals surface area (Å²) in [7, 11) is 4.91. The molecule has 0 aromatic carbocycles. The molecule has 1 atom stereocenters. The van der Waals surface area contributed by atoms with Gasteiger partial charge in [0.2, 0.25) is 5.88 Å². The zero-order valence-corrected chi connectivity index (χ0v) is 18.2. The van der Waals surface area contributed by atoms with E-state index >= 15 is 0 Å². The Balaban J connectivity index is 0.00000274. The van der Waals surface area contributed by atoms with Crippen LogP contribution in [0.1, 0.15) is 19.3 Å². The van der Waals surface area contributed by atoms with E-state index in [1.807, 2.05) is 0 Å². The summed E-state index contributed by atoms with van der Waals surface area (Å²) in [5, 5.41) is 7.94. The number of aromatic nitrogens is 8. The highest BCUT2D eigenvalue weighted by atomic mass is 16.5. The third-order valence-electron chi connectivity index (χ3n) is 5.13. The molecule has 5 heterocycles. The predicted octanol–water partition coefficient (Wildman–Crippen LogP) is 2.43. The lowest BCUT2D eigenvalue weighted by Crippen LogP contribution is -2.22. The molecule has 12 nitrogen and oxygen atoms in total. The number of pyridine rings is 2. The van der Waals surface area contributed by atoms with Crippen LogP contribution in [0.4, 0.5) is 5.69 Å². The quantitative estimate of drug-likeness (QED) is 0.331. The summed E-state index contributed by atoms with van der Waals surface area (Å²) >= 11 is 0. The molecule has 0 saturated heterocycles. The maximum absolute atomic E-state index is 13.2. The van der Waals surface area contributed by atoms with Crippen LogP contribution >= 0.6 is 0 Å². The minimum absolute atomic E-state index is 0. The summed E-state index contributed by atoms with van der Waals surface area (Å²) in [6, 6.07) is 2.99. The highest BCUT2D eigenvalue weighted by molar-refractivity contribution is 5.96. The summed E-state index contributed by atoms with van der Waals surface area (Å²) in [5.41, 5.74) is 2.89. The molecular weight excluding hydrogens is 438 g/mol. The number of methoxy groups -OCH3 is 2. The number of rotatable bonds is 7. The Hall–Kier alpha value is -4.32. The lowest BCUT2D eigenvalue weighted by molar-refractivity contribution is 0.184. The van der Waals surface area contributed by atoms with Crippen LogP contribution < -0.4 is 15.6 Å². The fourth-order valence-corrected chi connectivity index (χ4v) is 3.68. The largest absolute Gasteiger partial charge is 0.481 e. The SMILES string of the molecule is C.COC[C@H](Nc1c(-c2nc3cc(OC)ncc3[nH]2)c(=O)[nH]c2cn(C)nc12)c1ncccn1. The van der Waals surface area contributed by atoms with Crippen LogP contribution in [0.15, 0.2) is 41.7 Å². The molecule has 0 spiro atoms. The molecule has 0 aliphatic rings. The van der Waals surface area contributed by atoms with Gasteiger partial charge in [-0.3, -0.25) is 9.48 Å². The van der Waals surface area contributed by atoms with Crippen LogP contribution in [-0.2, 0) is 11.8 Å². The molecule has 12 heteroatoms. The average Bonchev–Trinajstić information content (AvgIpc) is 3.40. The first-order valence-electron chi connectivity index (χ1n) is 10.1. The smallest absolute Gasteiger partial charge is 0.261 e. The van der Waals surface area contributed by atoms with Crippen molar-refractivity contribution < 1.29 is 9.47 Å². The van der Waals surface area contributed by atoms with Crippen molar-refractivity contribution >= 4 is 27.8 Å². The Bertz CT molecular complexity index is 1490. The first-order valence-corrected chi connectivity index (χ1v) is 10.1. The first kappa shape index (κ1) is 22.9. The fraction of sp³-hybridized carbons (Fsp3) is 0.273. The van der Waals surface area contributed by atoms with Crippen LogP contribution in [0, 0.1) is 0 Å². The van der Waals surface area contributed by atoms with Gasteiger partial charge in [-0.1, -0.05) is 7.43 Å². The number of anilines is 1. The maximum atomic E-state index is 13.2. The molecule has 5 rings (SSSR count). The predicted molar refractivity (Wildman–Crippen MR) is 128 cm³/mol. The van der Waals surface area contributed by atoms with Crippen LogP contribution in [0.2, 0.25) is 0 Å². The minimum atomic E-state index is -0.437. The van der Waals surface area contributed by atoms with Crippen LogP contribution in [0.5, 0.6) is 5.88 Å². The number of hydrogen-bond acceptors (Lipinski definition) is 9. The second-order valence-electron chi connectivity index (χ2n) is 7.36. The van der Waals surface area contributed by atoms with Crippen molar-refractivity contribution in [2.75, 3.05) is 26.1 Å². The second-order valence-corrected chi connectivity index (χ2v) is 7.36. The van der Waals surface area contributed by atoms with E-state index in [9.17, 15) is 4.79 Å². The number of imidazole rings is 1. The van der Waals surface area contributed by atoms with E-state index in [1.54, 1.807) is 55.8 Å². The van der Waals surface area contributed by atoms with E-state index in [0.717, 1.165) is 0 Å². The topological polar surface area (TPSA) is 149 Å². The number of fused-ring (bicyclic) bond motifs is 2. The van der Waals surface area contributed by atoms with E-state index in [2.05, 4.69) is 40.3 Å². The van der Waals surface area contributed by atoms with Gasteiger partial charge in [0.25, 0.3) is 5.56 Å². The average molecular weight is 464 g/mol. The number of aryl methyl sites for hydroxylation is 1. The van der Waals surface area contributed by atoms with Crippen molar-refractivity contribution in [3.8, 4) is 17.3 Å². The van der Waals surface area contributed by atoms with Gasteiger partial charge < -0.3 is 24.8 Å². The van der Waals surface area contributed by atoms with Gasteiger partial charge in [0.15, 0.2) is 5.82 Å². The number of nitrogens with zero attached hydrogens (tertiary/aromatic N) is 6. The van der Waals surface area contributed by atoms with Crippen molar-refractivity contribution in [1.29, 1.82) is 0 Å². The number of H-pyrrole nitrogens is 2. The van der Waals surface area contributed by atoms with E-state index in [1.165, 1.54) is 7.11 Å². The normalized spacial score (nSPS) is 12.0. The van der Waals surface area contributed by atoms with E-state index < -0.39 is 6.04 Å². The van der Waals surface area contributed by atoms with Gasteiger partial charge in [0.05, 0.1) is 42.2 Å². The van der Waals surface area contributed by atoms with Gasteiger partial charge in [0, 0.05) is 38.8 Å². The Morgan fingerprint density at radius 2 is 1.94 bits per heavy atom. The van der Waals surface area contributed by atoms with Gasteiger partial charge in [-0.2, -0.15) is 5.10 Å². The molecular formula is C22H25N9O3. The zero-order chi connectivity index (χ0) is 22.9. The Morgan fingerprint density at radius 1 is 1.15 bits per heavy atom. The molecule has 0 aliphatic heterocycles. The molecule has 5 aromatic rings. The van der Waals surface area contributed by atoms with Gasteiger partial charge in [-0.15, -0.1) is 0 Å². The minimum Gasteiger partial charge on any atom is -0.481 e. The van der Waals surface area contributed by atoms with E-state index in [4.69, 9.17) is 9.47 Å². The van der Waals surface area contributed by atoms with Crippen molar-refractivity contribution in [3.05, 3.63) is 53.1 Å². The monoisotopic (exact) mass is 463 g/mol. The van der Waals surface area contributed by atoms with Gasteiger partial charge in [0.1, 0.15) is 22.9 Å². The van der Waals surface area contributed by atoms with E-state index in [-0.39, 0.29) is 19.6 Å². The van der Waals surface area contributed by atoms with Gasteiger partial charge >= 0.3 is 0 Å². The van der Waals surface area contributed by atoms with Crippen LogP contribution in [-0.4, -0.2) is 60.5 Å². The Morgan fingerprint density at radius 3 is 2.68 bits per heavy atom. The molecule has 5 aromatic heterocycles. The lowest BCUT2D eigenvalue weighted by atomic mass is 10.1. The number of nitrogens with one attached hydrogen (secondary N) is 3. The van der Waals surface area contributed by atoms with Gasteiger partial charge in [-0.05, 0) is 6.07 Å². The van der Waals surface area contributed by atoms with Crippen LogP contribution in [0.25, 0.3) is 33.5 Å². The summed E-state index contributed by atoms with van der Waals surface area (Å²) in [6.07, 6.45) is 6.66. The number of ether oxygens (including phenoxy) is 2. The molecule has 0 unspecified atom stereocenters. The summed E-state index contributed by atoms with van der Waals surface area (Å²) in [6.45, 7) is 0.270. The van der Waals surface area contributed by atoms with Crippen molar-refractivity contribution in [2.45, 2.75) is 13.5 Å². The molecule has 3 N–H and O–H groups in total. The molecule has 34 heavy (non-hydrogen) atoms. The standard InChI is InChI=1S/C21H21N9O3.CH4/c1-30-9-13-17(29-30)18(25-14(10-32-2)19-22-5-4-6-23-19)16(21(31)28-13)20-26-11-7-15(33-3)24-8-12(11)27-20;/h4-9,14,25H,10H2,1-3H3,(H,26,27)(H,28,31);1H4/t14-;/m0./s1. The van der Waals surface area contributed by atoms with Gasteiger partial charge in [-0.25, -0.2) is 19.9 Å². The van der Waals surface area contributed by atoms with Crippen molar-refractivity contribution in [2.24, 2.45) is 7.05 Å². The summed E-state index contributed by atoms with van der Waals surface area (Å²) < 4.78 is 12.2. The second kappa shape index (κ2) is 9.27. The molecule has 0 radical (unpaired) electrons. The Kier molecular flexibility index (Phi) is 6.23. The third kappa shape index (κ3) is 4.06. The first-order chi connectivity index (χ1) is 16.1. The van der Waals surface area contributed by atoms with Crippen molar-refractivity contribution in [3.63, 3.8) is 0 Å². The summed E-state index contributed by atoms with van der Waals surface area (Å²) in [4.78, 5) is 36.8. The van der Waals surface area contributed by atoms with Crippen LogP contribution in [0.3, 0.4) is 0 Å². The van der Waals surface area contributed by atoms with E-state index in [0.29, 0.717) is 50.8 Å². The highest BCUT2D eigenvalue weighted by Crippen LogP contribution is 2.32.